The number of esters is 1. The fourth-order valence-electron chi connectivity index (χ4n) is 2.57. The Hall–Kier alpha value is -3.22. The number of carboxylic acid groups (broad SMARTS) is 1. The van der Waals surface area contributed by atoms with Crippen molar-refractivity contribution in [3.8, 4) is 11.3 Å². The molecule has 0 saturated carbocycles. The first-order valence-corrected chi connectivity index (χ1v) is 7.35. The van der Waals surface area contributed by atoms with Gasteiger partial charge in [-0.2, -0.15) is 5.10 Å². The number of carbonyl (C=O) groups excluding carboxylic acids is 1. The summed E-state index contributed by atoms with van der Waals surface area (Å²) < 4.78 is 4.69. The molecule has 122 valence electrons. The van der Waals surface area contributed by atoms with E-state index in [9.17, 15) is 14.7 Å². The molecule has 0 bridgehead atoms. The number of benzene rings is 1. The number of hydrogen-bond acceptors (Lipinski definition) is 5. The third-order valence-electron chi connectivity index (χ3n) is 3.82. The van der Waals surface area contributed by atoms with Gasteiger partial charge >= 0.3 is 11.9 Å². The van der Waals surface area contributed by atoms with E-state index in [0.29, 0.717) is 23.1 Å². The van der Waals surface area contributed by atoms with Gasteiger partial charge in [0.15, 0.2) is 11.3 Å². The van der Waals surface area contributed by atoms with Crippen LogP contribution < -0.4 is 0 Å². The van der Waals surface area contributed by atoms with Crippen LogP contribution in [0.1, 0.15) is 33.3 Å². The van der Waals surface area contributed by atoms with Crippen molar-refractivity contribution in [2.24, 2.45) is 0 Å². The van der Waals surface area contributed by atoms with Gasteiger partial charge in [0.1, 0.15) is 0 Å². The van der Waals surface area contributed by atoms with Crippen LogP contribution in [0.25, 0.3) is 22.3 Å². The minimum atomic E-state index is -0.947. The lowest BCUT2D eigenvalue weighted by Crippen LogP contribution is -2.02. The predicted molar refractivity (Wildman–Crippen MR) is 87.0 cm³/mol. The summed E-state index contributed by atoms with van der Waals surface area (Å²) in [6.45, 7) is 1.90. The highest BCUT2D eigenvalue weighted by atomic mass is 16.5. The van der Waals surface area contributed by atoms with Crippen LogP contribution in [-0.2, 0) is 11.2 Å². The van der Waals surface area contributed by atoms with Crippen molar-refractivity contribution < 1.29 is 19.4 Å². The lowest BCUT2D eigenvalue weighted by Gasteiger charge is -2.07. The molecule has 0 fully saturated rings. The standard InChI is InChI=1S/C17H15N3O4/c1-3-9-8-10(4-5-11(9)16(21)22)13-7-6-12-14(17(23)24-2)19-20-15(12)18-13/h4-8H,3H2,1-2H3,(H,21,22)(H,18,19,20). The molecule has 0 aliphatic rings. The smallest absolute Gasteiger partial charge is 0.356 e. The number of carboxylic acids is 1. The second-order valence-electron chi connectivity index (χ2n) is 5.19. The summed E-state index contributed by atoms with van der Waals surface area (Å²) in [4.78, 5) is 27.3. The number of carbonyl (C=O) groups is 2. The third kappa shape index (κ3) is 2.60. The molecule has 24 heavy (non-hydrogen) atoms. The maximum atomic E-state index is 11.7. The van der Waals surface area contributed by atoms with Crippen LogP contribution >= 0.6 is 0 Å². The molecule has 3 aromatic rings. The van der Waals surface area contributed by atoms with Crippen LogP contribution in [0, 0.1) is 0 Å². The first-order chi connectivity index (χ1) is 11.5. The van der Waals surface area contributed by atoms with Gasteiger partial charge < -0.3 is 9.84 Å². The first-order valence-electron chi connectivity index (χ1n) is 7.35. The van der Waals surface area contributed by atoms with Crippen molar-refractivity contribution >= 4 is 23.0 Å². The summed E-state index contributed by atoms with van der Waals surface area (Å²) in [5.41, 5.74) is 3.11. The SMILES string of the molecule is CCc1cc(-c2ccc3c(C(=O)OC)[nH]nc3n2)ccc1C(=O)O. The minimum Gasteiger partial charge on any atom is -0.478 e. The van der Waals surface area contributed by atoms with E-state index in [1.54, 1.807) is 24.3 Å². The Balaban J connectivity index is 2.07. The van der Waals surface area contributed by atoms with Gasteiger partial charge in [0.25, 0.3) is 0 Å². The summed E-state index contributed by atoms with van der Waals surface area (Å²) in [7, 11) is 1.30. The number of methoxy groups -OCH3 is 1. The Morgan fingerprint density at radius 3 is 2.71 bits per heavy atom. The highest BCUT2D eigenvalue weighted by Gasteiger charge is 2.16. The van der Waals surface area contributed by atoms with Crippen LogP contribution in [-0.4, -0.2) is 39.3 Å². The van der Waals surface area contributed by atoms with E-state index in [0.717, 1.165) is 11.1 Å². The van der Waals surface area contributed by atoms with Crippen molar-refractivity contribution in [3.63, 3.8) is 0 Å². The third-order valence-corrected chi connectivity index (χ3v) is 3.82. The van der Waals surface area contributed by atoms with Crippen molar-refractivity contribution in [1.29, 1.82) is 0 Å². The number of rotatable bonds is 4. The fraction of sp³-hybridized carbons (Fsp3) is 0.176. The summed E-state index contributed by atoms with van der Waals surface area (Å²) >= 11 is 0. The largest absolute Gasteiger partial charge is 0.478 e. The molecule has 1 aromatic carbocycles. The number of aromatic amines is 1. The molecular weight excluding hydrogens is 310 g/mol. The lowest BCUT2D eigenvalue weighted by molar-refractivity contribution is 0.0595. The number of aromatic carboxylic acids is 1. The molecule has 0 aliphatic carbocycles. The number of nitrogens with zero attached hydrogens (tertiary/aromatic N) is 2. The Morgan fingerprint density at radius 2 is 2.04 bits per heavy atom. The zero-order chi connectivity index (χ0) is 17.3. The van der Waals surface area contributed by atoms with Crippen LogP contribution in [0.3, 0.4) is 0 Å². The molecule has 0 spiro atoms. The molecule has 0 amide bonds. The van der Waals surface area contributed by atoms with Crippen LogP contribution in [0.4, 0.5) is 0 Å². The Kier molecular flexibility index (Phi) is 3.99. The summed E-state index contributed by atoms with van der Waals surface area (Å²) in [6, 6.07) is 8.60. The molecule has 0 atom stereocenters. The maximum Gasteiger partial charge on any atom is 0.356 e. The van der Waals surface area contributed by atoms with E-state index in [-0.39, 0.29) is 11.3 Å². The number of H-pyrrole nitrogens is 1. The summed E-state index contributed by atoms with van der Waals surface area (Å²) in [5.74, 6) is -1.46. The molecular formula is C17H15N3O4. The first kappa shape index (κ1) is 15.7. The molecule has 0 aliphatic heterocycles. The Labute approximate surface area is 137 Å². The number of fused-ring (bicyclic) bond motifs is 1. The topological polar surface area (TPSA) is 105 Å². The van der Waals surface area contributed by atoms with Crippen molar-refractivity contribution in [2.75, 3.05) is 7.11 Å². The second kappa shape index (κ2) is 6.11. The van der Waals surface area contributed by atoms with E-state index >= 15 is 0 Å². The average Bonchev–Trinajstić information content (AvgIpc) is 3.03. The molecule has 3 rings (SSSR count). The number of ether oxygens (including phenoxy) is 1. The second-order valence-corrected chi connectivity index (χ2v) is 5.19. The molecule has 0 radical (unpaired) electrons. The highest BCUT2D eigenvalue weighted by molar-refractivity contribution is 6.01. The maximum absolute atomic E-state index is 11.7. The van der Waals surface area contributed by atoms with Gasteiger partial charge in [0.05, 0.1) is 23.8 Å². The summed E-state index contributed by atoms with van der Waals surface area (Å²) in [5, 5.41) is 16.4. The molecule has 7 nitrogen and oxygen atoms in total. The van der Waals surface area contributed by atoms with Gasteiger partial charge in [0.2, 0.25) is 0 Å². The number of nitrogens with one attached hydrogen (secondary N) is 1. The zero-order valence-corrected chi connectivity index (χ0v) is 13.2. The average molecular weight is 325 g/mol. The fourth-order valence-corrected chi connectivity index (χ4v) is 2.57. The van der Waals surface area contributed by atoms with Gasteiger partial charge in [-0.1, -0.05) is 13.0 Å². The lowest BCUT2D eigenvalue weighted by atomic mass is 10.00. The van der Waals surface area contributed by atoms with E-state index in [1.807, 2.05) is 13.0 Å². The minimum absolute atomic E-state index is 0.252. The predicted octanol–water partition coefficient (Wildman–Crippen LogP) is 2.67. The number of aromatic nitrogens is 3. The molecule has 2 aromatic heterocycles. The molecule has 7 heteroatoms. The van der Waals surface area contributed by atoms with Crippen LogP contribution in [0.2, 0.25) is 0 Å². The van der Waals surface area contributed by atoms with Crippen LogP contribution in [0.15, 0.2) is 30.3 Å². The number of pyridine rings is 1. The number of hydrogen-bond donors (Lipinski definition) is 2. The van der Waals surface area contributed by atoms with Crippen molar-refractivity contribution in [2.45, 2.75) is 13.3 Å². The summed E-state index contributed by atoms with van der Waals surface area (Å²) in [6.07, 6.45) is 0.604. The van der Waals surface area contributed by atoms with Crippen molar-refractivity contribution in [3.05, 3.63) is 47.2 Å². The molecule has 0 unspecified atom stereocenters. The van der Waals surface area contributed by atoms with Crippen molar-refractivity contribution in [1.82, 2.24) is 15.2 Å². The quantitative estimate of drug-likeness (QED) is 0.714. The van der Waals surface area contributed by atoms with Gasteiger partial charge in [-0.3, -0.25) is 5.10 Å². The van der Waals surface area contributed by atoms with E-state index in [4.69, 9.17) is 0 Å². The highest BCUT2D eigenvalue weighted by Crippen LogP contribution is 2.24. The molecule has 2 heterocycles. The van der Waals surface area contributed by atoms with E-state index in [2.05, 4.69) is 19.9 Å². The van der Waals surface area contributed by atoms with Gasteiger partial charge in [-0.05, 0) is 36.2 Å². The monoisotopic (exact) mass is 325 g/mol. The normalized spacial score (nSPS) is 10.8. The molecule has 0 saturated heterocycles. The van der Waals surface area contributed by atoms with Gasteiger partial charge in [-0.15, -0.1) is 0 Å². The Morgan fingerprint density at radius 1 is 1.25 bits per heavy atom. The van der Waals surface area contributed by atoms with E-state index < -0.39 is 11.9 Å². The molecule has 2 N–H and O–H groups in total. The zero-order valence-electron chi connectivity index (χ0n) is 13.2. The van der Waals surface area contributed by atoms with Gasteiger partial charge in [-0.25, -0.2) is 14.6 Å². The van der Waals surface area contributed by atoms with Crippen LogP contribution in [0.5, 0.6) is 0 Å². The van der Waals surface area contributed by atoms with Gasteiger partial charge in [0, 0.05) is 5.56 Å². The Bertz CT molecular complexity index is 946. The number of aryl methyl sites for hydroxylation is 1. The van der Waals surface area contributed by atoms with E-state index in [1.165, 1.54) is 7.11 Å².